The predicted octanol–water partition coefficient (Wildman–Crippen LogP) is 3.20. The molecule has 1 saturated heterocycles. The number of nitrogens with zero attached hydrogens (tertiary/aromatic N) is 1. The number of hydrogen-bond acceptors (Lipinski definition) is 3. The second-order valence-electron chi connectivity index (χ2n) is 6.95. The standard InChI is InChI=1S/C17H27FN2O/c1-17(2,3)19-11-15-8-9-16(21-15)12-20(4)14-7-5-6-13(18)10-14/h5-7,10,15-16,19H,8-9,11-12H2,1-4H3. The SMILES string of the molecule is CN(CC1CCC(CNC(C)(C)C)O1)c1cccc(F)c1. The Morgan fingerprint density at radius 3 is 2.67 bits per heavy atom. The second kappa shape index (κ2) is 6.75. The first kappa shape index (κ1) is 16.2. The summed E-state index contributed by atoms with van der Waals surface area (Å²) in [7, 11) is 1.98. The van der Waals surface area contributed by atoms with E-state index in [1.54, 1.807) is 12.1 Å². The number of halogens is 1. The molecule has 0 bridgehead atoms. The van der Waals surface area contributed by atoms with Crippen molar-refractivity contribution in [3.05, 3.63) is 30.1 Å². The van der Waals surface area contributed by atoms with Crippen molar-refractivity contribution >= 4 is 5.69 Å². The van der Waals surface area contributed by atoms with Crippen LogP contribution in [0, 0.1) is 5.82 Å². The van der Waals surface area contributed by atoms with E-state index in [0.717, 1.165) is 31.6 Å². The van der Waals surface area contributed by atoms with Gasteiger partial charge in [-0.3, -0.25) is 0 Å². The number of anilines is 1. The zero-order valence-electron chi connectivity index (χ0n) is 13.5. The van der Waals surface area contributed by atoms with Gasteiger partial charge in [-0.05, 0) is 51.8 Å². The van der Waals surface area contributed by atoms with Gasteiger partial charge in [-0.15, -0.1) is 0 Å². The van der Waals surface area contributed by atoms with Crippen molar-refractivity contribution in [1.29, 1.82) is 0 Å². The molecule has 0 spiro atoms. The van der Waals surface area contributed by atoms with Crippen LogP contribution in [0.25, 0.3) is 0 Å². The van der Waals surface area contributed by atoms with E-state index in [1.807, 2.05) is 13.1 Å². The van der Waals surface area contributed by atoms with Crippen molar-refractivity contribution in [2.24, 2.45) is 0 Å². The van der Waals surface area contributed by atoms with E-state index in [9.17, 15) is 4.39 Å². The van der Waals surface area contributed by atoms with E-state index < -0.39 is 0 Å². The number of rotatable bonds is 5. The molecule has 21 heavy (non-hydrogen) atoms. The summed E-state index contributed by atoms with van der Waals surface area (Å²) in [5.74, 6) is -0.195. The van der Waals surface area contributed by atoms with Gasteiger partial charge in [0.15, 0.2) is 0 Å². The molecule has 1 N–H and O–H groups in total. The van der Waals surface area contributed by atoms with Crippen LogP contribution in [-0.2, 0) is 4.74 Å². The van der Waals surface area contributed by atoms with Gasteiger partial charge in [-0.1, -0.05) is 6.07 Å². The highest BCUT2D eigenvalue weighted by molar-refractivity contribution is 5.45. The van der Waals surface area contributed by atoms with Crippen LogP contribution in [0.15, 0.2) is 24.3 Å². The molecular formula is C17H27FN2O. The molecule has 1 aliphatic heterocycles. The lowest BCUT2D eigenvalue weighted by Crippen LogP contribution is -2.41. The molecule has 0 radical (unpaired) electrons. The molecule has 2 unspecified atom stereocenters. The third-order valence-corrected chi connectivity index (χ3v) is 3.78. The summed E-state index contributed by atoms with van der Waals surface area (Å²) in [5.41, 5.74) is 1.02. The first-order valence-corrected chi connectivity index (χ1v) is 7.71. The monoisotopic (exact) mass is 294 g/mol. The van der Waals surface area contributed by atoms with Gasteiger partial charge < -0.3 is 15.0 Å². The van der Waals surface area contributed by atoms with Gasteiger partial charge in [-0.2, -0.15) is 0 Å². The van der Waals surface area contributed by atoms with Crippen LogP contribution in [-0.4, -0.2) is 37.9 Å². The Morgan fingerprint density at radius 1 is 1.29 bits per heavy atom. The molecule has 4 heteroatoms. The number of nitrogens with one attached hydrogen (secondary N) is 1. The van der Waals surface area contributed by atoms with Crippen molar-refractivity contribution in [1.82, 2.24) is 5.32 Å². The number of likely N-dealkylation sites (N-methyl/N-ethyl adjacent to an activating group) is 1. The van der Waals surface area contributed by atoms with Gasteiger partial charge in [0.05, 0.1) is 12.2 Å². The summed E-state index contributed by atoms with van der Waals surface area (Å²) in [6.07, 6.45) is 2.67. The molecule has 1 heterocycles. The van der Waals surface area contributed by atoms with E-state index in [4.69, 9.17) is 4.74 Å². The third kappa shape index (κ3) is 5.29. The highest BCUT2D eigenvalue weighted by atomic mass is 19.1. The maximum Gasteiger partial charge on any atom is 0.125 e. The summed E-state index contributed by atoms with van der Waals surface area (Å²) in [6, 6.07) is 6.70. The van der Waals surface area contributed by atoms with Crippen molar-refractivity contribution in [2.45, 2.75) is 51.4 Å². The van der Waals surface area contributed by atoms with Gasteiger partial charge >= 0.3 is 0 Å². The van der Waals surface area contributed by atoms with Gasteiger partial charge in [0.2, 0.25) is 0 Å². The number of benzene rings is 1. The second-order valence-corrected chi connectivity index (χ2v) is 6.95. The Morgan fingerprint density at radius 2 is 2.00 bits per heavy atom. The van der Waals surface area contributed by atoms with E-state index in [-0.39, 0.29) is 23.6 Å². The van der Waals surface area contributed by atoms with Crippen molar-refractivity contribution in [3.8, 4) is 0 Å². The first-order chi connectivity index (χ1) is 9.83. The van der Waals surface area contributed by atoms with Crippen LogP contribution in [0.3, 0.4) is 0 Å². The van der Waals surface area contributed by atoms with Crippen LogP contribution in [0.5, 0.6) is 0 Å². The number of ether oxygens (including phenoxy) is 1. The highest BCUT2D eigenvalue weighted by Crippen LogP contribution is 2.22. The van der Waals surface area contributed by atoms with Crippen LogP contribution < -0.4 is 10.2 Å². The minimum atomic E-state index is -0.195. The van der Waals surface area contributed by atoms with Crippen LogP contribution >= 0.6 is 0 Å². The van der Waals surface area contributed by atoms with Gasteiger partial charge in [0.1, 0.15) is 5.82 Å². The van der Waals surface area contributed by atoms with E-state index >= 15 is 0 Å². The Hall–Kier alpha value is -1.13. The highest BCUT2D eigenvalue weighted by Gasteiger charge is 2.27. The van der Waals surface area contributed by atoms with Crippen molar-refractivity contribution in [3.63, 3.8) is 0 Å². The molecule has 1 aromatic rings. The third-order valence-electron chi connectivity index (χ3n) is 3.78. The molecule has 0 saturated carbocycles. The fraction of sp³-hybridized carbons (Fsp3) is 0.647. The summed E-state index contributed by atoms with van der Waals surface area (Å²) in [6.45, 7) is 8.19. The van der Waals surface area contributed by atoms with Crippen LogP contribution in [0.1, 0.15) is 33.6 Å². The topological polar surface area (TPSA) is 24.5 Å². The molecule has 0 aromatic heterocycles. The molecule has 0 aliphatic carbocycles. The molecular weight excluding hydrogens is 267 g/mol. The van der Waals surface area contributed by atoms with E-state index in [1.165, 1.54) is 6.07 Å². The van der Waals surface area contributed by atoms with Gasteiger partial charge in [0, 0.05) is 31.4 Å². The van der Waals surface area contributed by atoms with Crippen molar-refractivity contribution < 1.29 is 9.13 Å². The van der Waals surface area contributed by atoms with Crippen molar-refractivity contribution in [2.75, 3.05) is 25.0 Å². The molecule has 1 aliphatic rings. The molecule has 1 fully saturated rings. The summed E-state index contributed by atoms with van der Waals surface area (Å²) in [5, 5.41) is 3.49. The molecule has 0 amide bonds. The lowest BCUT2D eigenvalue weighted by Gasteiger charge is -2.25. The summed E-state index contributed by atoms with van der Waals surface area (Å²) in [4.78, 5) is 2.06. The quantitative estimate of drug-likeness (QED) is 0.902. The average molecular weight is 294 g/mol. The summed E-state index contributed by atoms with van der Waals surface area (Å²) < 4.78 is 19.3. The van der Waals surface area contributed by atoms with Gasteiger partial charge in [0.25, 0.3) is 0 Å². The molecule has 1 aromatic carbocycles. The lowest BCUT2D eigenvalue weighted by atomic mass is 10.1. The zero-order chi connectivity index (χ0) is 15.5. The van der Waals surface area contributed by atoms with Crippen LogP contribution in [0.2, 0.25) is 0 Å². The van der Waals surface area contributed by atoms with E-state index in [0.29, 0.717) is 0 Å². The number of hydrogen-bond donors (Lipinski definition) is 1. The normalized spacial score (nSPS) is 22.5. The maximum atomic E-state index is 13.2. The van der Waals surface area contributed by atoms with Gasteiger partial charge in [-0.25, -0.2) is 4.39 Å². The summed E-state index contributed by atoms with van der Waals surface area (Å²) >= 11 is 0. The Labute approximate surface area is 127 Å². The molecule has 2 atom stereocenters. The van der Waals surface area contributed by atoms with E-state index in [2.05, 4.69) is 31.0 Å². The molecule has 118 valence electrons. The Bertz CT molecular complexity index is 458. The minimum Gasteiger partial charge on any atom is -0.372 e. The Balaban J connectivity index is 1.80. The Kier molecular flexibility index (Phi) is 5.22. The lowest BCUT2D eigenvalue weighted by molar-refractivity contribution is 0.0465. The van der Waals surface area contributed by atoms with Crippen LogP contribution in [0.4, 0.5) is 10.1 Å². The first-order valence-electron chi connectivity index (χ1n) is 7.71. The largest absolute Gasteiger partial charge is 0.372 e. The minimum absolute atomic E-state index is 0.125. The smallest absolute Gasteiger partial charge is 0.125 e. The average Bonchev–Trinajstić information content (AvgIpc) is 2.83. The zero-order valence-corrected chi connectivity index (χ0v) is 13.5. The molecule has 3 nitrogen and oxygen atoms in total. The predicted molar refractivity (Wildman–Crippen MR) is 85.3 cm³/mol. The fourth-order valence-corrected chi connectivity index (χ4v) is 2.61. The molecule has 2 rings (SSSR count). The maximum absolute atomic E-state index is 13.2. The fourth-order valence-electron chi connectivity index (χ4n) is 2.61.